The first-order valence-corrected chi connectivity index (χ1v) is 8.89. The number of rotatable bonds is 9. The third-order valence-corrected chi connectivity index (χ3v) is 5.21. The van der Waals surface area contributed by atoms with Crippen molar-refractivity contribution in [2.75, 3.05) is 20.6 Å². The summed E-state index contributed by atoms with van der Waals surface area (Å²) < 4.78 is 3.26. The van der Waals surface area contributed by atoms with Gasteiger partial charge in [0, 0.05) is 12.1 Å². The summed E-state index contributed by atoms with van der Waals surface area (Å²) in [6.45, 7) is 10.8. The quantitative estimate of drug-likeness (QED) is 0.728. The van der Waals surface area contributed by atoms with Crippen LogP contribution in [0.25, 0.3) is 0 Å². The van der Waals surface area contributed by atoms with Crippen molar-refractivity contribution in [3.63, 3.8) is 0 Å². The molecule has 1 unspecified atom stereocenters. The molecule has 0 aliphatic carbocycles. The summed E-state index contributed by atoms with van der Waals surface area (Å²) in [5.41, 5.74) is 1.36. The van der Waals surface area contributed by atoms with E-state index in [9.17, 15) is 0 Å². The molecule has 0 fully saturated rings. The van der Waals surface area contributed by atoms with E-state index in [-0.39, 0.29) is 11.6 Å². The SMILES string of the molecule is CCCn1ncc(Br)c1C(NCC)C(CC)(CC)N(C)C. The average molecular weight is 359 g/mol. The molecule has 5 heteroatoms. The molecule has 1 aromatic rings. The molecule has 0 bridgehead atoms. The van der Waals surface area contributed by atoms with E-state index in [1.807, 2.05) is 6.20 Å². The minimum absolute atomic E-state index is 0.0874. The van der Waals surface area contributed by atoms with Crippen LogP contribution in [0.5, 0.6) is 0 Å². The normalized spacial score (nSPS) is 13.9. The van der Waals surface area contributed by atoms with Gasteiger partial charge in [0.1, 0.15) is 0 Å². The average Bonchev–Trinajstić information content (AvgIpc) is 2.80. The fraction of sp³-hybridized carbons (Fsp3) is 0.812. The van der Waals surface area contributed by atoms with E-state index in [0.717, 1.165) is 36.8 Å². The zero-order chi connectivity index (χ0) is 16.0. The van der Waals surface area contributed by atoms with Gasteiger partial charge in [-0.3, -0.25) is 4.68 Å². The second-order valence-electron chi connectivity index (χ2n) is 5.80. The maximum Gasteiger partial charge on any atom is 0.0714 e. The number of hydrogen-bond acceptors (Lipinski definition) is 3. The Morgan fingerprint density at radius 3 is 2.33 bits per heavy atom. The molecule has 0 aliphatic rings. The summed E-state index contributed by atoms with van der Waals surface area (Å²) in [5.74, 6) is 0. The number of aromatic nitrogens is 2. The van der Waals surface area contributed by atoms with E-state index in [2.05, 4.69) is 77.7 Å². The minimum atomic E-state index is 0.0874. The Kier molecular flexibility index (Phi) is 7.37. The lowest BCUT2D eigenvalue weighted by atomic mass is 9.81. The molecule has 0 amide bonds. The molecule has 0 spiro atoms. The minimum Gasteiger partial charge on any atom is -0.307 e. The summed E-state index contributed by atoms with van der Waals surface area (Å²) in [5, 5.41) is 8.28. The molecular weight excluding hydrogens is 328 g/mol. The van der Waals surface area contributed by atoms with Gasteiger partial charge in [-0.25, -0.2) is 0 Å². The van der Waals surface area contributed by atoms with Crippen molar-refractivity contribution in [3.05, 3.63) is 16.4 Å². The molecule has 1 heterocycles. The Morgan fingerprint density at radius 2 is 1.90 bits per heavy atom. The Bertz CT molecular complexity index is 424. The van der Waals surface area contributed by atoms with Gasteiger partial charge in [0.25, 0.3) is 0 Å². The lowest BCUT2D eigenvalue weighted by Gasteiger charge is -2.45. The van der Waals surface area contributed by atoms with Gasteiger partial charge in [-0.15, -0.1) is 0 Å². The van der Waals surface area contributed by atoms with Gasteiger partial charge in [0.05, 0.1) is 22.4 Å². The molecule has 0 radical (unpaired) electrons. The summed E-state index contributed by atoms with van der Waals surface area (Å²) in [4.78, 5) is 2.37. The third-order valence-electron chi connectivity index (χ3n) is 4.60. The van der Waals surface area contributed by atoms with Crippen LogP contribution in [0, 0.1) is 0 Å². The highest BCUT2D eigenvalue weighted by atomic mass is 79.9. The van der Waals surface area contributed by atoms with Crippen molar-refractivity contribution in [3.8, 4) is 0 Å². The molecule has 1 atom stereocenters. The van der Waals surface area contributed by atoms with Gasteiger partial charge in [0.2, 0.25) is 0 Å². The van der Waals surface area contributed by atoms with Crippen molar-refractivity contribution in [1.29, 1.82) is 0 Å². The lowest BCUT2D eigenvalue weighted by Crippen LogP contribution is -2.53. The van der Waals surface area contributed by atoms with Crippen LogP contribution in [-0.2, 0) is 6.54 Å². The van der Waals surface area contributed by atoms with E-state index in [0.29, 0.717) is 0 Å². The highest BCUT2D eigenvalue weighted by molar-refractivity contribution is 9.10. The Morgan fingerprint density at radius 1 is 1.29 bits per heavy atom. The molecular formula is C16H31BrN4. The molecule has 122 valence electrons. The van der Waals surface area contributed by atoms with E-state index in [1.165, 1.54) is 5.69 Å². The van der Waals surface area contributed by atoms with Crippen molar-refractivity contribution in [2.24, 2.45) is 0 Å². The first kappa shape index (κ1) is 18.7. The van der Waals surface area contributed by atoms with E-state index >= 15 is 0 Å². The van der Waals surface area contributed by atoms with Crippen LogP contribution in [0.4, 0.5) is 0 Å². The predicted molar refractivity (Wildman–Crippen MR) is 93.6 cm³/mol. The molecule has 1 rings (SSSR count). The standard InChI is InChI=1S/C16H31BrN4/c1-7-11-21-14(13(17)12-19-21)15(18-10-4)16(8-2,9-3)20(5)6/h12,15,18H,7-11H2,1-6H3. The molecule has 0 saturated carbocycles. The zero-order valence-electron chi connectivity index (χ0n) is 14.4. The molecule has 0 saturated heterocycles. The van der Waals surface area contributed by atoms with E-state index in [4.69, 9.17) is 0 Å². The maximum atomic E-state index is 4.56. The number of hydrogen-bond donors (Lipinski definition) is 1. The van der Waals surface area contributed by atoms with Crippen LogP contribution in [-0.4, -0.2) is 40.9 Å². The van der Waals surface area contributed by atoms with Gasteiger partial charge < -0.3 is 10.2 Å². The first-order valence-electron chi connectivity index (χ1n) is 8.10. The molecule has 0 aliphatic heterocycles. The van der Waals surface area contributed by atoms with Crippen LogP contribution in [0.1, 0.15) is 58.7 Å². The van der Waals surface area contributed by atoms with Crippen molar-refractivity contribution in [2.45, 2.75) is 65.1 Å². The zero-order valence-corrected chi connectivity index (χ0v) is 16.0. The summed E-state index contributed by atoms with van der Waals surface area (Å²) in [7, 11) is 4.37. The van der Waals surface area contributed by atoms with E-state index < -0.39 is 0 Å². The topological polar surface area (TPSA) is 33.1 Å². The van der Waals surface area contributed by atoms with Gasteiger partial charge in [0.15, 0.2) is 0 Å². The van der Waals surface area contributed by atoms with Gasteiger partial charge >= 0.3 is 0 Å². The van der Waals surface area contributed by atoms with Gasteiger partial charge in [-0.05, 0) is 55.8 Å². The van der Waals surface area contributed by atoms with Crippen LogP contribution in [0.15, 0.2) is 10.7 Å². The molecule has 21 heavy (non-hydrogen) atoms. The second kappa shape index (κ2) is 8.30. The molecule has 0 aromatic carbocycles. The van der Waals surface area contributed by atoms with Crippen LogP contribution >= 0.6 is 15.9 Å². The lowest BCUT2D eigenvalue weighted by molar-refractivity contribution is 0.0843. The number of nitrogens with zero attached hydrogens (tertiary/aromatic N) is 3. The largest absolute Gasteiger partial charge is 0.307 e. The summed E-state index contributed by atoms with van der Waals surface area (Å²) in [6.07, 6.45) is 5.21. The maximum absolute atomic E-state index is 4.56. The number of halogens is 1. The number of nitrogens with one attached hydrogen (secondary N) is 1. The number of likely N-dealkylation sites (N-methyl/N-ethyl adjacent to an activating group) is 2. The Hall–Kier alpha value is -0.390. The Labute approximate surface area is 138 Å². The van der Waals surface area contributed by atoms with Crippen molar-refractivity contribution in [1.82, 2.24) is 20.0 Å². The predicted octanol–water partition coefficient (Wildman–Crippen LogP) is 3.83. The fourth-order valence-corrected chi connectivity index (χ4v) is 3.87. The van der Waals surface area contributed by atoms with Gasteiger partial charge in [-0.2, -0.15) is 5.10 Å². The fourth-order valence-electron chi connectivity index (χ4n) is 3.34. The summed E-state index contributed by atoms with van der Waals surface area (Å²) in [6, 6.07) is 0.260. The van der Waals surface area contributed by atoms with Gasteiger partial charge in [-0.1, -0.05) is 27.7 Å². The van der Waals surface area contributed by atoms with Crippen LogP contribution in [0.3, 0.4) is 0 Å². The van der Waals surface area contributed by atoms with E-state index in [1.54, 1.807) is 0 Å². The van der Waals surface area contributed by atoms with Crippen molar-refractivity contribution < 1.29 is 0 Å². The second-order valence-corrected chi connectivity index (χ2v) is 6.65. The highest BCUT2D eigenvalue weighted by Crippen LogP contribution is 2.38. The third kappa shape index (κ3) is 3.69. The smallest absolute Gasteiger partial charge is 0.0714 e. The number of aryl methyl sites for hydroxylation is 1. The molecule has 1 aromatic heterocycles. The Balaban J connectivity index is 3.37. The van der Waals surface area contributed by atoms with Crippen LogP contribution < -0.4 is 5.32 Å². The van der Waals surface area contributed by atoms with Crippen LogP contribution in [0.2, 0.25) is 0 Å². The first-order chi connectivity index (χ1) is 9.98. The highest BCUT2D eigenvalue weighted by Gasteiger charge is 2.40. The van der Waals surface area contributed by atoms with Crippen molar-refractivity contribution >= 4 is 15.9 Å². The monoisotopic (exact) mass is 358 g/mol. The summed E-state index contributed by atoms with van der Waals surface area (Å²) >= 11 is 3.72. The molecule has 1 N–H and O–H groups in total. The molecule has 4 nitrogen and oxygen atoms in total.